The molecule has 2 rings (SSSR count). The number of carbonyl (C=O) groups excluding carboxylic acids is 3. The van der Waals surface area contributed by atoms with Gasteiger partial charge in [-0.05, 0) is 46.1 Å². The van der Waals surface area contributed by atoms with Crippen LogP contribution in [0.15, 0.2) is 30.3 Å². The molecule has 0 radical (unpaired) electrons. The van der Waals surface area contributed by atoms with Crippen LogP contribution in [0.5, 0.6) is 0 Å². The Balaban J connectivity index is 1.98. The van der Waals surface area contributed by atoms with Crippen LogP contribution in [0.25, 0.3) is 0 Å². The quantitative estimate of drug-likeness (QED) is 0.375. The second-order valence-electron chi connectivity index (χ2n) is 8.05. The van der Waals surface area contributed by atoms with Crippen molar-refractivity contribution in [2.75, 3.05) is 19.8 Å². The zero-order chi connectivity index (χ0) is 21.4. The van der Waals surface area contributed by atoms with Gasteiger partial charge >= 0.3 is 12.1 Å². The summed E-state index contributed by atoms with van der Waals surface area (Å²) in [5, 5.41) is 0. The van der Waals surface area contributed by atoms with E-state index in [1.807, 2.05) is 30.3 Å². The van der Waals surface area contributed by atoms with Gasteiger partial charge in [0.25, 0.3) is 0 Å². The zero-order valence-corrected chi connectivity index (χ0v) is 17.7. The number of esters is 1. The molecule has 2 atom stereocenters. The number of likely N-dealkylation sites (tertiary alicyclic amines) is 1. The standard InChI is InChI=1S/C22H31NO6/c1-5-28-20(25)19-17(12-9-13-27-15-16-10-7-6-8-11-16)23(14-18(19)24)21(26)29-22(2,3)4/h6-8,10-11,17,19H,5,9,12-15H2,1-4H3/t17-,19+/m1/s1. The van der Waals surface area contributed by atoms with Crippen molar-refractivity contribution in [1.29, 1.82) is 0 Å². The molecule has 1 aliphatic rings. The first-order chi connectivity index (χ1) is 13.7. The van der Waals surface area contributed by atoms with Gasteiger partial charge in [0, 0.05) is 6.61 Å². The zero-order valence-electron chi connectivity index (χ0n) is 17.7. The molecule has 1 amide bonds. The van der Waals surface area contributed by atoms with Gasteiger partial charge in [0.2, 0.25) is 0 Å². The highest BCUT2D eigenvalue weighted by Gasteiger charge is 2.48. The minimum absolute atomic E-state index is 0.145. The van der Waals surface area contributed by atoms with Crippen molar-refractivity contribution in [3.8, 4) is 0 Å². The summed E-state index contributed by atoms with van der Waals surface area (Å²) in [4.78, 5) is 38.8. The molecule has 0 aromatic heterocycles. The average Bonchev–Trinajstić information content (AvgIpc) is 2.97. The third-order valence-corrected chi connectivity index (χ3v) is 4.53. The van der Waals surface area contributed by atoms with Gasteiger partial charge in [-0.25, -0.2) is 4.79 Å². The summed E-state index contributed by atoms with van der Waals surface area (Å²) in [6, 6.07) is 9.22. The second-order valence-corrected chi connectivity index (χ2v) is 8.05. The lowest BCUT2D eigenvalue weighted by molar-refractivity contribution is -0.151. The molecule has 0 bridgehead atoms. The Morgan fingerprint density at radius 3 is 2.48 bits per heavy atom. The highest BCUT2D eigenvalue weighted by Crippen LogP contribution is 2.28. The Morgan fingerprint density at radius 2 is 1.86 bits per heavy atom. The molecule has 0 aliphatic carbocycles. The Morgan fingerprint density at radius 1 is 1.17 bits per heavy atom. The Kier molecular flexibility index (Phi) is 8.20. The summed E-state index contributed by atoms with van der Waals surface area (Å²) in [6.45, 7) is 7.96. The summed E-state index contributed by atoms with van der Waals surface area (Å²) in [6.07, 6.45) is 0.455. The van der Waals surface area contributed by atoms with E-state index in [0.717, 1.165) is 5.56 Å². The van der Waals surface area contributed by atoms with Gasteiger partial charge < -0.3 is 14.2 Å². The fraction of sp³-hybridized carbons (Fsp3) is 0.591. The van der Waals surface area contributed by atoms with Gasteiger partial charge in [0.05, 0.1) is 25.8 Å². The van der Waals surface area contributed by atoms with Crippen molar-refractivity contribution < 1.29 is 28.6 Å². The second kappa shape index (κ2) is 10.4. The summed E-state index contributed by atoms with van der Waals surface area (Å²) >= 11 is 0. The SMILES string of the molecule is CCOC(=O)[C@@H]1C(=O)CN(C(=O)OC(C)(C)C)[C@@H]1CCCOCc1ccccc1. The molecule has 0 unspecified atom stereocenters. The van der Waals surface area contributed by atoms with E-state index in [0.29, 0.717) is 26.1 Å². The first-order valence-electron chi connectivity index (χ1n) is 10.0. The van der Waals surface area contributed by atoms with E-state index in [1.54, 1.807) is 27.7 Å². The minimum atomic E-state index is -0.975. The minimum Gasteiger partial charge on any atom is -0.465 e. The van der Waals surface area contributed by atoms with Crippen molar-refractivity contribution in [3.63, 3.8) is 0 Å². The molecule has 29 heavy (non-hydrogen) atoms. The highest BCUT2D eigenvalue weighted by molar-refractivity contribution is 6.04. The Labute approximate surface area is 172 Å². The normalized spacial score (nSPS) is 19.3. The van der Waals surface area contributed by atoms with Crippen LogP contribution in [0.2, 0.25) is 0 Å². The number of ether oxygens (including phenoxy) is 3. The predicted octanol–water partition coefficient (Wildman–Crippen LogP) is 3.35. The average molecular weight is 405 g/mol. The molecule has 1 aliphatic heterocycles. The summed E-state index contributed by atoms with van der Waals surface area (Å²) in [5.41, 5.74) is 0.384. The lowest BCUT2D eigenvalue weighted by Gasteiger charge is -2.29. The fourth-order valence-electron chi connectivity index (χ4n) is 3.30. The number of hydrogen-bond acceptors (Lipinski definition) is 6. The Bertz CT molecular complexity index is 697. The predicted molar refractivity (Wildman–Crippen MR) is 107 cm³/mol. The maximum Gasteiger partial charge on any atom is 0.410 e. The van der Waals surface area contributed by atoms with Gasteiger partial charge in [-0.1, -0.05) is 30.3 Å². The van der Waals surface area contributed by atoms with Crippen molar-refractivity contribution >= 4 is 17.8 Å². The topological polar surface area (TPSA) is 82.1 Å². The van der Waals surface area contributed by atoms with Crippen LogP contribution in [0.4, 0.5) is 4.79 Å². The van der Waals surface area contributed by atoms with Crippen LogP contribution in [0.3, 0.4) is 0 Å². The molecule has 1 aromatic carbocycles. The molecule has 0 spiro atoms. The van der Waals surface area contributed by atoms with E-state index >= 15 is 0 Å². The molecule has 1 fully saturated rings. The van der Waals surface area contributed by atoms with Crippen molar-refractivity contribution in [1.82, 2.24) is 4.90 Å². The number of rotatable bonds is 8. The number of benzene rings is 1. The number of Topliss-reactive ketones (excluding diaryl/α,β-unsaturated/α-hetero) is 1. The van der Waals surface area contributed by atoms with Crippen molar-refractivity contribution in [2.45, 2.75) is 58.8 Å². The number of ketones is 1. The van der Waals surface area contributed by atoms with Gasteiger partial charge in [0.1, 0.15) is 11.5 Å². The van der Waals surface area contributed by atoms with Crippen LogP contribution in [0, 0.1) is 5.92 Å². The third kappa shape index (κ3) is 6.85. The molecule has 0 N–H and O–H groups in total. The molecule has 0 saturated carbocycles. The lowest BCUT2D eigenvalue weighted by atomic mass is 9.95. The van der Waals surface area contributed by atoms with Crippen LogP contribution in [-0.4, -0.2) is 54.1 Å². The number of amides is 1. The van der Waals surface area contributed by atoms with Crippen LogP contribution in [0.1, 0.15) is 46.1 Å². The molecule has 1 heterocycles. The maximum absolute atomic E-state index is 12.6. The third-order valence-electron chi connectivity index (χ3n) is 4.53. The van der Waals surface area contributed by atoms with Crippen LogP contribution < -0.4 is 0 Å². The molecule has 7 nitrogen and oxygen atoms in total. The number of hydrogen-bond donors (Lipinski definition) is 0. The fourth-order valence-corrected chi connectivity index (χ4v) is 3.30. The van der Waals surface area contributed by atoms with E-state index in [4.69, 9.17) is 14.2 Å². The van der Waals surface area contributed by atoms with E-state index in [2.05, 4.69) is 0 Å². The van der Waals surface area contributed by atoms with Crippen LogP contribution in [-0.2, 0) is 30.4 Å². The summed E-state index contributed by atoms with van der Waals surface area (Å²) in [5.74, 6) is -1.88. The molecular formula is C22H31NO6. The van der Waals surface area contributed by atoms with Crippen molar-refractivity contribution in [2.24, 2.45) is 5.92 Å². The molecule has 160 valence electrons. The molecule has 1 aromatic rings. The largest absolute Gasteiger partial charge is 0.465 e. The van der Waals surface area contributed by atoms with Gasteiger partial charge in [-0.2, -0.15) is 0 Å². The van der Waals surface area contributed by atoms with Gasteiger partial charge in [-0.15, -0.1) is 0 Å². The van der Waals surface area contributed by atoms with Gasteiger partial charge in [0.15, 0.2) is 5.78 Å². The highest BCUT2D eigenvalue weighted by atomic mass is 16.6. The van der Waals surface area contributed by atoms with Gasteiger partial charge in [-0.3, -0.25) is 14.5 Å². The first-order valence-corrected chi connectivity index (χ1v) is 10.0. The number of carbonyl (C=O) groups is 3. The monoisotopic (exact) mass is 405 g/mol. The van der Waals surface area contributed by atoms with Crippen molar-refractivity contribution in [3.05, 3.63) is 35.9 Å². The molecule has 7 heteroatoms. The van der Waals surface area contributed by atoms with E-state index in [1.165, 1.54) is 4.90 Å². The summed E-state index contributed by atoms with van der Waals surface area (Å²) < 4.78 is 16.2. The smallest absolute Gasteiger partial charge is 0.410 e. The van der Waals surface area contributed by atoms with E-state index in [-0.39, 0.29) is 18.9 Å². The first kappa shape index (κ1) is 22.9. The van der Waals surface area contributed by atoms with E-state index < -0.39 is 29.6 Å². The Hall–Kier alpha value is -2.41. The summed E-state index contributed by atoms with van der Waals surface area (Å²) in [7, 11) is 0. The van der Waals surface area contributed by atoms with E-state index in [9.17, 15) is 14.4 Å². The maximum atomic E-state index is 12.6. The molecular weight excluding hydrogens is 374 g/mol. The molecule has 1 saturated heterocycles. The van der Waals surface area contributed by atoms with Crippen LogP contribution >= 0.6 is 0 Å². The number of nitrogens with zero attached hydrogens (tertiary/aromatic N) is 1. The lowest BCUT2D eigenvalue weighted by Crippen LogP contribution is -2.43.